The van der Waals surface area contributed by atoms with E-state index in [9.17, 15) is 19.5 Å². The van der Waals surface area contributed by atoms with Crippen molar-refractivity contribution in [2.24, 2.45) is 17.3 Å². The second-order valence-electron chi connectivity index (χ2n) is 6.37. The maximum absolute atomic E-state index is 12.4. The van der Waals surface area contributed by atoms with Crippen LogP contribution < -0.4 is 0 Å². The van der Waals surface area contributed by atoms with Gasteiger partial charge in [0.1, 0.15) is 6.04 Å². The Morgan fingerprint density at radius 1 is 1.19 bits per heavy atom. The van der Waals surface area contributed by atoms with E-state index in [-0.39, 0.29) is 35.5 Å². The average molecular weight is 287 g/mol. The molecule has 5 heteroatoms. The van der Waals surface area contributed by atoms with Gasteiger partial charge in [-0.15, -0.1) is 0 Å². The zero-order valence-corrected chi connectivity index (χ0v) is 11.9. The van der Waals surface area contributed by atoms with Crippen molar-refractivity contribution in [3.05, 3.63) is 35.9 Å². The molecule has 110 valence electrons. The molecule has 0 aromatic heterocycles. The maximum atomic E-state index is 12.4. The van der Waals surface area contributed by atoms with Crippen LogP contribution in [0, 0.1) is 17.3 Å². The fourth-order valence-corrected chi connectivity index (χ4v) is 3.40. The van der Waals surface area contributed by atoms with Gasteiger partial charge in [0.15, 0.2) is 0 Å². The summed E-state index contributed by atoms with van der Waals surface area (Å²) < 4.78 is 0. The lowest BCUT2D eigenvalue weighted by molar-refractivity contribution is -0.156. The minimum atomic E-state index is -1.14. The van der Waals surface area contributed by atoms with Crippen LogP contribution in [-0.4, -0.2) is 33.8 Å². The van der Waals surface area contributed by atoms with Gasteiger partial charge in [0.05, 0.1) is 11.8 Å². The number of carbonyl (C=O) groups excluding carboxylic acids is 2. The molecular formula is C16H17NO4. The van der Waals surface area contributed by atoms with Gasteiger partial charge in [-0.05, 0) is 11.0 Å². The van der Waals surface area contributed by atoms with Gasteiger partial charge in [-0.25, -0.2) is 4.79 Å². The average Bonchev–Trinajstić information content (AvgIpc) is 2.89. The van der Waals surface area contributed by atoms with E-state index >= 15 is 0 Å². The van der Waals surface area contributed by atoms with E-state index in [4.69, 9.17) is 0 Å². The number of hydrogen-bond donors (Lipinski definition) is 1. The van der Waals surface area contributed by atoms with Crippen LogP contribution in [0.15, 0.2) is 30.3 Å². The SMILES string of the molecule is CC1(C)C2C(=O)N(C(Cc3ccccc3)C(=O)O)C(=O)C21. The molecule has 1 saturated heterocycles. The van der Waals surface area contributed by atoms with Crippen molar-refractivity contribution in [1.29, 1.82) is 0 Å². The molecule has 1 heterocycles. The topological polar surface area (TPSA) is 74.7 Å². The molecule has 3 atom stereocenters. The van der Waals surface area contributed by atoms with Crippen LogP contribution in [-0.2, 0) is 20.8 Å². The number of hydrogen-bond acceptors (Lipinski definition) is 3. The third kappa shape index (κ3) is 1.95. The molecule has 3 rings (SSSR count). The Morgan fingerprint density at radius 2 is 1.71 bits per heavy atom. The summed E-state index contributed by atoms with van der Waals surface area (Å²) in [4.78, 5) is 37.2. The third-order valence-electron chi connectivity index (χ3n) is 4.70. The minimum absolute atomic E-state index is 0.146. The first kappa shape index (κ1) is 13.8. The molecule has 0 spiro atoms. The van der Waals surface area contributed by atoms with Gasteiger partial charge in [-0.2, -0.15) is 0 Å². The highest BCUT2D eigenvalue weighted by Gasteiger charge is 2.73. The fourth-order valence-electron chi connectivity index (χ4n) is 3.40. The normalized spacial score (nSPS) is 27.4. The second kappa shape index (κ2) is 4.41. The molecule has 5 nitrogen and oxygen atoms in total. The van der Waals surface area contributed by atoms with E-state index < -0.39 is 12.0 Å². The van der Waals surface area contributed by atoms with Crippen LogP contribution in [0.4, 0.5) is 0 Å². The number of rotatable bonds is 4. The number of nitrogens with zero attached hydrogens (tertiary/aromatic N) is 1. The van der Waals surface area contributed by atoms with Crippen LogP contribution in [0.2, 0.25) is 0 Å². The van der Waals surface area contributed by atoms with Gasteiger partial charge in [0.2, 0.25) is 11.8 Å². The molecule has 21 heavy (non-hydrogen) atoms. The van der Waals surface area contributed by atoms with Crippen LogP contribution in [0.25, 0.3) is 0 Å². The molecular weight excluding hydrogens is 270 g/mol. The second-order valence-corrected chi connectivity index (χ2v) is 6.37. The molecule has 1 N–H and O–H groups in total. The number of carboxylic acid groups (broad SMARTS) is 1. The molecule has 0 bridgehead atoms. The zero-order valence-electron chi connectivity index (χ0n) is 11.9. The Hall–Kier alpha value is -2.17. The van der Waals surface area contributed by atoms with E-state index in [1.807, 2.05) is 32.0 Å². The molecule has 1 aliphatic heterocycles. The highest BCUT2D eigenvalue weighted by atomic mass is 16.4. The van der Waals surface area contributed by atoms with Crippen molar-refractivity contribution in [2.75, 3.05) is 0 Å². The Labute approximate surface area is 122 Å². The highest BCUT2D eigenvalue weighted by Crippen LogP contribution is 2.63. The highest BCUT2D eigenvalue weighted by molar-refractivity contribution is 6.12. The molecule has 2 fully saturated rings. The molecule has 1 aromatic rings. The van der Waals surface area contributed by atoms with Gasteiger partial charge in [-0.3, -0.25) is 14.5 Å². The Morgan fingerprint density at radius 3 is 2.19 bits per heavy atom. The number of benzene rings is 1. The molecule has 3 unspecified atom stereocenters. The largest absolute Gasteiger partial charge is 0.480 e. The molecule has 2 amide bonds. The quantitative estimate of drug-likeness (QED) is 0.848. The van der Waals surface area contributed by atoms with E-state index in [1.165, 1.54) is 0 Å². The standard InChI is InChI=1S/C16H17NO4/c1-16(2)11-12(16)14(19)17(13(11)18)10(15(20)21)8-9-6-4-3-5-7-9/h3-7,10-12H,8H2,1-2H3,(H,20,21). The number of imide groups is 1. The number of fused-ring (bicyclic) bond motifs is 1. The fraction of sp³-hybridized carbons (Fsp3) is 0.438. The van der Waals surface area contributed by atoms with E-state index in [1.54, 1.807) is 12.1 Å². The molecule has 1 aromatic carbocycles. The Balaban J connectivity index is 1.85. The summed E-state index contributed by atoms with van der Waals surface area (Å²) in [6, 6.07) is 7.93. The van der Waals surface area contributed by atoms with Crippen molar-refractivity contribution in [2.45, 2.75) is 26.3 Å². The Bertz CT molecular complexity index is 598. The van der Waals surface area contributed by atoms with Crippen molar-refractivity contribution >= 4 is 17.8 Å². The first-order valence-corrected chi connectivity index (χ1v) is 6.99. The lowest BCUT2D eigenvalue weighted by atomic mass is 10.0. The van der Waals surface area contributed by atoms with Gasteiger partial charge in [0.25, 0.3) is 0 Å². The maximum Gasteiger partial charge on any atom is 0.327 e. The van der Waals surface area contributed by atoms with Crippen molar-refractivity contribution < 1.29 is 19.5 Å². The van der Waals surface area contributed by atoms with Gasteiger partial charge in [0, 0.05) is 6.42 Å². The summed E-state index contributed by atoms with van der Waals surface area (Å²) in [6.07, 6.45) is 0.146. The van der Waals surface area contributed by atoms with E-state index in [2.05, 4.69) is 0 Å². The van der Waals surface area contributed by atoms with Crippen LogP contribution >= 0.6 is 0 Å². The minimum Gasteiger partial charge on any atom is -0.480 e. The van der Waals surface area contributed by atoms with Gasteiger partial charge < -0.3 is 5.11 Å². The molecule has 0 radical (unpaired) electrons. The summed E-state index contributed by atoms with van der Waals surface area (Å²) in [7, 11) is 0. The monoisotopic (exact) mass is 287 g/mol. The van der Waals surface area contributed by atoms with Crippen LogP contribution in [0.1, 0.15) is 19.4 Å². The first-order valence-electron chi connectivity index (χ1n) is 6.99. The van der Waals surface area contributed by atoms with Crippen molar-refractivity contribution in [1.82, 2.24) is 4.90 Å². The van der Waals surface area contributed by atoms with E-state index in [0.29, 0.717) is 0 Å². The van der Waals surface area contributed by atoms with Crippen LogP contribution in [0.3, 0.4) is 0 Å². The summed E-state index contributed by atoms with van der Waals surface area (Å²) in [6.45, 7) is 3.75. The summed E-state index contributed by atoms with van der Waals surface area (Å²) in [5.74, 6) is -2.50. The number of likely N-dealkylation sites (tertiary alicyclic amines) is 1. The smallest absolute Gasteiger partial charge is 0.327 e. The number of piperidine rings is 1. The summed E-state index contributed by atoms with van der Waals surface area (Å²) >= 11 is 0. The van der Waals surface area contributed by atoms with E-state index in [0.717, 1.165) is 10.5 Å². The zero-order chi connectivity index (χ0) is 15.4. The Kier molecular flexibility index (Phi) is 2.90. The first-order chi connectivity index (χ1) is 9.85. The predicted octanol–water partition coefficient (Wildman–Crippen LogP) is 1.32. The third-order valence-corrected chi connectivity index (χ3v) is 4.70. The molecule has 2 aliphatic rings. The number of carboxylic acids is 1. The van der Waals surface area contributed by atoms with Gasteiger partial charge >= 0.3 is 5.97 Å². The van der Waals surface area contributed by atoms with Gasteiger partial charge in [-0.1, -0.05) is 44.2 Å². The summed E-state index contributed by atoms with van der Waals surface area (Å²) in [5, 5.41) is 9.42. The number of amides is 2. The van der Waals surface area contributed by atoms with Crippen molar-refractivity contribution in [3.63, 3.8) is 0 Å². The molecule has 1 saturated carbocycles. The molecule has 1 aliphatic carbocycles. The predicted molar refractivity (Wildman–Crippen MR) is 74.2 cm³/mol. The lowest BCUT2D eigenvalue weighted by Gasteiger charge is -2.26. The number of carbonyl (C=O) groups is 3. The van der Waals surface area contributed by atoms with Crippen molar-refractivity contribution in [3.8, 4) is 0 Å². The number of aliphatic carboxylic acids is 1. The lowest BCUT2D eigenvalue weighted by Crippen LogP contribution is -2.49. The van der Waals surface area contributed by atoms with Crippen LogP contribution in [0.5, 0.6) is 0 Å². The summed E-state index contributed by atoms with van der Waals surface area (Å²) in [5.41, 5.74) is 0.478.